The molecule has 0 unspecified atom stereocenters. The van der Waals surface area contributed by atoms with Crippen molar-refractivity contribution in [2.75, 3.05) is 21.4 Å². The number of ether oxygens (including phenoxy) is 1. The van der Waals surface area contributed by atoms with Crippen LogP contribution in [0, 0.1) is 5.92 Å². The second kappa shape index (κ2) is 18.9. The summed E-state index contributed by atoms with van der Waals surface area (Å²) >= 11 is 0. The average molecular weight is 1040 g/mol. The maximum absolute atomic E-state index is 9.33. The monoisotopic (exact) mass is 1040 g/mol. The lowest BCUT2D eigenvalue weighted by atomic mass is 9.78. The first-order chi connectivity index (χ1) is 40.6. The molecule has 0 amide bonds. The van der Waals surface area contributed by atoms with E-state index in [1.54, 1.807) is 12.3 Å². The molecule has 1 spiro atoms. The van der Waals surface area contributed by atoms with E-state index in [0.717, 1.165) is 45.3 Å². The van der Waals surface area contributed by atoms with Crippen molar-refractivity contribution >= 4 is 68.8 Å². The molecule has 78 heavy (non-hydrogen) atoms. The van der Waals surface area contributed by atoms with Crippen molar-refractivity contribution in [3.63, 3.8) is 0 Å². The Morgan fingerprint density at radius 2 is 1.09 bits per heavy atom. The van der Waals surface area contributed by atoms with Crippen LogP contribution in [0.2, 0.25) is 0 Å². The van der Waals surface area contributed by atoms with Gasteiger partial charge in [0.2, 0.25) is 0 Å². The van der Waals surface area contributed by atoms with E-state index < -0.39 is 20.5 Å². The smallest absolute Gasteiger partial charge is 0.185 e. The first-order valence-electron chi connectivity index (χ1n) is 30.6. The molecule has 3 aliphatic heterocycles. The largest absolute Gasteiger partial charge is 0.457 e. The molecule has 0 saturated carbocycles. The second-order valence-corrected chi connectivity index (χ2v) is 26.8. The molecule has 5 nitrogen and oxygen atoms in total. The molecule has 0 bridgehead atoms. The van der Waals surface area contributed by atoms with Gasteiger partial charge in [0.05, 0.1) is 29.6 Å². The zero-order chi connectivity index (χ0) is 59.6. The molecule has 13 rings (SSSR count). The van der Waals surface area contributed by atoms with Crippen LogP contribution in [-0.2, 0) is 17.2 Å². The summed E-state index contributed by atoms with van der Waals surface area (Å²) in [6, 6.07) is 63.8. The van der Waals surface area contributed by atoms with Gasteiger partial charge in [0.15, 0.2) is 8.07 Å². The molecule has 10 aromatic rings. The van der Waals surface area contributed by atoms with Crippen molar-refractivity contribution in [1.29, 1.82) is 0 Å². The summed E-state index contributed by atoms with van der Waals surface area (Å²) in [5.41, 5.74) is 12.8. The highest BCUT2D eigenvalue weighted by Gasteiger charge is 2.54. The van der Waals surface area contributed by atoms with E-state index >= 15 is 0 Å². The number of para-hydroxylation sites is 4. The Labute approximate surface area is 472 Å². The molecule has 0 radical (unpaired) electrons. The Morgan fingerprint density at radius 3 is 1.76 bits per heavy atom. The summed E-state index contributed by atoms with van der Waals surface area (Å²) in [5, 5.41) is 5.05. The van der Waals surface area contributed by atoms with E-state index in [9.17, 15) is 5.48 Å². The summed E-state index contributed by atoms with van der Waals surface area (Å²) in [7, 11) is -3.00. The van der Waals surface area contributed by atoms with Crippen molar-refractivity contribution in [1.82, 2.24) is 4.98 Å². The van der Waals surface area contributed by atoms with E-state index in [1.165, 1.54) is 43.0 Å². The number of hydrogen-bond acceptors (Lipinski definition) is 5. The van der Waals surface area contributed by atoms with Crippen LogP contribution in [0.15, 0.2) is 224 Å². The minimum Gasteiger partial charge on any atom is -0.457 e. The van der Waals surface area contributed by atoms with Crippen molar-refractivity contribution < 1.29 is 14.3 Å². The molecular formula is C72H66N4OSi. The molecule has 0 saturated heterocycles. The van der Waals surface area contributed by atoms with Crippen LogP contribution in [0.1, 0.15) is 81.7 Å². The zero-order valence-electron chi connectivity index (χ0n) is 52.5. The second-order valence-electron chi connectivity index (χ2n) is 23.2. The Hall–Kier alpha value is -8.45. The number of nitrogens with zero attached hydrogens (tertiary/aromatic N) is 4. The van der Waals surface area contributed by atoms with Crippen LogP contribution in [0.25, 0.3) is 33.4 Å². The highest BCUT2D eigenvalue weighted by atomic mass is 28.3. The van der Waals surface area contributed by atoms with Gasteiger partial charge in [0.25, 0.3) is 0 Å². The van der Waals surface area contributed by atoms with Crippen LogP contribution < -0.4 is 40.2 Å². The Morgan fingerprint density at radius 1 is 0.526 bits per heavy atom. The fourth-order valence-corrected chi connectivity index (χ4v) is 17.6. The average Bonchev–Trinajstić information content (AvgIpc) is 1.62. The molecule has 9 aromatic carbocycles. The Balaban J connectivity index is 0.950. The molecule has 0 fully saturated rings. The number of aromatic nitrogens is 1. The van der Waals surface area contributed by atoms with Gasteiger partial charge < -0.3 is 14.5 Å². The predicted molar refractivity (Wildman–Crippen MR) is 330 cm³/mol. The lowest BCUT2D eigenvalue weighted by Gasteiger charge is -2.43. The lowest BCUT2D eigenvalue weighted by molar-refractivity contribution is 0.483. The minimum absolute atomic E-state index is 0.138. The van der Waals surface area contributed by atoms with Gasteiger partial charge in [-0.1, -0.05) is 213 Å². The first-order valence-corrected chi connectivity index (χ1v) is 29.1. The molecule has 0 atom stereocenters. The quantitative estimate of drug-likeness (QED) is 0.135. The third-order valence-corrected chi connectivity index (χ3v) is 20.7. The Kier molecular flexibility index (Phi) is 10.1. The van der Waals surface area contributed by atoms with E-state index in [0.29, 0.717) is 35.1 Å². The lowest BCUT2D eigenvalue weighted by Crippen LogP contribution is -2.75. The number of benzene rings is 9. The van der Waals surface area contributed by atoms with Crippen LogP contribution in [0.3, 0.4) is 0 Å². The maximum Gasteiger partial charge on any atom is 0.185 e. The van der Waals surface area contributed by atoms with E-state index in [1.807, 2.05) is 56.3 Å². The van der Waals surface area contributed by atoms with Gasteiger partial charge in [-0.3, -0.25) is 4.90 Å². The molecule has 6 heteroatoms. The highest BCUT2D eigenvalue weighted by Crippen LogP contribution is 2.51. The third-order valence-electron chi connectivity index (χ3n) is 15.7. The number of rotatable bonds is 9. The molecule has 384 valence electrons. The first kappa shape index (κ1) is 41.7. The molecule has 0 aliphatic carbocycles. The van der Waals surface area contributed by atoms with Crippen LogP contribution in [0.5, 0.6) is 11.5 Å². The van der Waals surface area contributed by atoms with Crippen LogP contribution in [0.4, 0.5) is 39.9 Å². The molecular weight excluding hydrogens is 965 g/mol. The predicted octanol–water partition coefficient (Wildman–Crippen LogP) is 16.4. The summed E-state index contributed by atoms with van der Waals surface area (Å²) in [5.74, 6) is 1.56. The number of pyridine rings is 1. The maximum atomic E-state index is 9.33. The van der Waals surface area contributed by atoms with E-state index in [2.05, 4.69) is 196 Å². The fraction of sp³-hybridized carbons (Fsp3) is 0.181. The van der Waals surface area contributed by atoms with Crippen molar-refractivity contribution in [3.05, 3.63) is 241 Å². The fourth-order valence-electron chi connectivity index (χ4n) is 12.1. The normalized spacial score (nSPS) is 15.5. The summed E-state index contributed by atoms with van der Waals surface area (Å²) in [6.07, 6.45) is 0.114. The number of hydrogen-bond donors (Lipinski definition) is 0. The summed E-state index contributed by atoms with van der Waals surface area (Å²) in [6.45, 7) is 17.4. The van der Waals surface area contributed by atoms with Gasteiger partial charge >= 0.3 is 0 Å². The molecule has 4 heterocycles. The Bertz CT molecular complexity index is 4250. The SMILES string of the molecule is [2H]c1c([2H])c([2H])c(-c2cccc(-c3cc(C(C)(C)C)cc(C(C)(C)C)c3)c2N2CN(c3cccc(Oc4ccc5c(c4)N(c4cc(C([2H])([2H])C(C)C)ccn4)c4ccccc4[Si]54c5ccccc5-c5ccccc54)c3)c3ccccc32)c([2H])c1[2H]. The number of fused-ring (bicyclic) bond motifs is 10. The standard InChI is InChI=1S/C72H66N4OSi/c1-48(2)40-49-38-39-73-69(41-49)76-63-32-16-19-35-67(63)78(65-33-17-12-26-59(65)60-27-13-18-34-66(60)78)68-37-36-56(46-64(68)76)77-55-25-20-24-54(45-55)74-47-75(62-31-15-14-30-61(62)74)70-57(50-22-10-9-11-23-50)28-21-29-58(70)51-42-52(71(3,4)5)44-53(43-51)72(6,7)8/h9-39,41-46,48H,40,47H2,1-8H3/i9D,10D,11D,22D,23D,40D2. The molecule has 1 aromatic heterocycles. The van der Waals surface area contributed by atoms with Crippen molar-refractivity contribution in [2.45, 2.75) is 72.6 Å². The van der Waals surface area contributed by atoms with Gasteiger partial charge in [-0.05, 0) is 131 Å². The summed E-state index contributed by atoms with van der Waals surface area (Å²) < 4.78 is 70.4. The highest BCUT2D eigenvalue weighted by molar-refractivity contribution is 7.23. The topological polar surface area (TPSA) is 31.8 Å². The van der Waals surface area contributed by atoms with E-state index in [4.69, 9.17) is 13.8 Å². The number of anilines is 7. The molecule has 0 N–H and O–H groups in total. The van der Waals surface area contributed by atoms with Gasteiger partial charge in [-0.15, -0.1) is 0 Å². The van der Waals surface area contributed by atoms with Gasteiger partial charge in [0.1, 0.15) is 24.0 Å². The van der Waals surface area contributed by atoms with Crippen LogP contribution in [-0.4, -0.2) is 19.7 Å². The van der Waals surface area contributed by atoms with Gasteiger partial charge in [-0.25, -0.2) is 4.98 Å². The summed E-state index contributed by atoms with van der Waals surface area (Å²) in [4.78, 5) is 11.7. The molecule has 3 aliphatic rings. The van der Waals surface area contributed by atoms with Crippen molar-refractivity contribution in [2.24, 2.45) is 5.92 Å². The third kappa shape index (κ3) is 8.24. The van der Waals surface area contributed by atoms with Crippen molar-refractivity contribution in [3.8, 4) is 44.9 Å². The van der Waals surface area contributed by atoms with E-state index in [-0.39, 0.29) is 46.5 Å². The van der Waals surface area contributed by atoms with Crippen LogP contribution >= 0.6 is 0 Å². The minimum atomic E-state index is -3.00. The zero-order valence-corrected chi connectivity index (χ0v) is 46.5. The van der Waals surface area contributed by atoms with Gasteiger partial charge in [-0.2, -0.15) is 0 Å². The van der Waals surface area contributed by atoms with Gasteiger partial charge in [0, 0.05) is 43.6 Å².